The van der Waals surface area contributed by atoms with E-state index in [2.05, 4.69) is 32.9 Å². The fourth-order valence-corrected chi connectivity index (χ4v) is 3.97. The molecule has 0 aliphatic heterocycles. The zero-order chi connectivity index (χ0) is 20.2. The minimum atomic E-state index is -0.539. The van der Waals surface area contributed by atoms with E-state index in [1.54, 1.807) is 7.11 Å². The average Bonchev–Trinajstić information content (AvgIpc) is 2.74. The lowest BCUT2D eigenvalue weighted by Gasteiger charge is -2.37. The summed E-state index contributed by atoms with van der Waals surface area (Å²) < 4.78 is 11.5. The molecule has 1 aliphatic rings. The first-order valence-corrected chi connectivity index (χ1v) is 10.4. The van der Waals surface area contributed by atoms with Gasteiger partial charge in [0.15, 0.2) is 0 Å². The highest BCUT2D eigenvalue weighted by Gasteiger charge is 2.38. The summed E-state index contributed by atoms with van der Waals surface area (Å²) in [7, 11) is 1.66. The summed E-state index contributed by atoms with van der Waals surface area (Å²) in [5, 5.41) is 0. The molecule has 3 nitrogen and oxygen atoms in total. The summed E-state index contributed by atoms with van der Waals surface area (Å²) in [5.74, 6) is 0.578. The summed E-state index contributed by atoms with van der Waals surface area (Å²) in [5.41, 5.74) is 2.49. The van der Waals surface area contributed by atoms with Gasteiger partial charge < -0.3 is 9.47 Å². The second-order valence-corrected chi connectivity index (χ2v) is 8.49. The number of carbonyl (C=O) groups excluding carboxylic acids is 1. The molecule has 0 spiro atoms. The zero-order valence-corrected chi connectivity index (χ0v) is 17.6. The van der Waals surface area contributed by atoms with Crippen molar-refractivity contribution in [2.75, 3.05) is 7.11 Å². The number of benzene rings is 2. The van der Waals surface area contributed by atoms with Crippen LogP contribution in [0.5, 0.6) is 5.75 Å². The summed E-state index contributed by atoms with van der Waals surface area (Å²) in [4.78, 5) is 13.0. The van der Waals surface area contributed by atoms with E-state index in [4.69, 9.17) is 9.47 Å². The number of methoxy groups -OCH3 is 1. The molecule has 2 aromatic carbocycles. The molecule has 3 heteroatoms. The summed E-state index contributed by atoms with van der Waals surface area (Å²) in [6, 6.07) is 15.9. The second-order valence-electron chi connectivity index (χ2n) is 8.49. The van der Waals surface area contributed by atoms with Gasteiger partial charge in [-0.1, -0.05) is 51.5 Å². The van der Waals surface area contributed by atoms with Gasteiger partial charge in [0, 0.05) is 0 Å². The van der Waals surface area contributed by atoms with Crippen molar-refractivity contribution in [3.63, 3.8) is 0 Å². The van der Waals surface area contributed by atoms with Gasteiger partial charge in [-0.05, 0) is 72.9 Å². The van der Waals surface area contributed by atoms with Crippen LogP contribution in [0.4, 0.5) is 0 Å². The Bertz CT molecular complexity index is 782. The Morgan fingerprint density at radius 1 is 0.964 bits per heavy atom. The summed E-state index contributed by atoms with van der Waals surface area (Å²) >= 11 is 0. The number of hydrogen-bond donors (Lipinski definition) is 0. The van der Waals surface area contributed by atoms with Crippen LogP contribution >= 0.6 is 0 Å². The number of hydrogen-bond acceptors (Lipinski definition) is 3. The van der Waals surface area contributed by atoms with Gasteiger partial charge in [-0.15, -0.1) is 0 Å². The predicted molar refractivity (Wildman–Crippen MR) is 113 cm³/mol. The highest BCUT2D eigenvalue weighted by atomic mass is 16.6. The number of esters is 1. The maximum absolute atomic E-state index is 13.0. The fourth-order valence-electron chi connectivity index (χ4n) is 3.97. The van der Waals surface area contributed by atoms with Crippen LogP contribution in [-0.2, 0) is 15.8 Å². The van der Waals surface area contributed by atoms with Crippen LogP contribution in [0.25, 0.3) is 0 Å². The van der Waals surface area contributed by atoms with Gasteiger partial charge in [-0.2, -0.15) is 0 Å². The van der Waals surface area contributed by atoms with Gasteiger partial charge >= 0.3 is 5.97 Å². The molecule has 3 rings (SSSR count). The molecule has 28 heavy (non-hydrogen) atoms. The molecule has 2 aromatic rings. The van der Waals surface area contributed by atoms with Gasteiger partial charge in [0.25, 0.3) is 0 Å². The van der Waals surface area contributed by atoms with Crippen LogP contribution in [0.3, 0.4) is 0 Å². The monoisotopic (exact) mass is 380 g/mol. The molecule has 0 saturated heterocycles. The molecular weight excluding hydrogens is 348 g/mol. The number of ether oxygens (including phenoxy) is 2. The maximum atomic E-state index is 13.0. The Morgan fingerprint density at radius 2 is 1.57 bits per heavy atom. The van der Waals surface area contributed by atoms with Gasteiger partial charge in [-0.3, -0.25) is 0 Å². The fraction of sp³-hybridized carbons (Fsp3) is 0.480. The first-order valence-electron chi connectivity index (χ1n) is 10.4. The Balaban J connectivity index is 1.83. The normalized spacial score (nSPS) is 16.4. The molecule has 1 fully saturated rings. The first-order chi connectivity index (χ1) is 13.4. The lowest BCUT2D eigenvalue weighted by Crippen LogP contribution is -2.34. The van der Waals surface area contributed by atoms with Crippen LogP contribution in [-0.4, -0.2) is 13.1 Å². The number of rotatable bonds is 6. The van der Waals surface area contributed by atoms with Crippen LogP contribution in [0.2, 0.25) is 0 Å². The van der Waals surface area contributed by atoms with Crippen molar-refractivity contribution in [3.8, 4) is 5.75 Å². The van der Waals surface area contributed by atoms with Crippen LogP contribution < -0.4 is 4.74 Å². The van der Waals surface area contributed by atoms with Gasteiger partial charge in [0.1, 0.15) is 11.4 Å². The Morgan fingerprint density at radius 3 is 2.11 bits per heavy atom. The van der Waals surface area contributed by atoms with E-state index >= 15 is 0 Å². The van der Waals surface area contributed by atoms with E-state index in [1.165, 1.54) is 12.0 Å². The Kier molecular flexibility index (Phi) is 6.12. The third-order valence-corrected chi connectivity index (χ3v) is 6.35. The third kappa shape index (κ3) is 4.24. The van der Waals surface area contributed by atoms with E-state index < -0.39 is 5.60 Å². The molecule has 1 saturated carbocycles. The van der Waals surface area contributed by atoms with E-state index in [-0.39, 0.29) is 11.4 Å². The molecular formula is C25H32O3. The smallest absolute Gasteiger partial charge is 0.339 e. The maximum Gasteiger partial charge on any atom is 0.339 e. The molecule has 0 radical (unpaired) electrons. The van der Waals surface area contributed by atoms with Gasteiger partial charge in [0.2, 0.25) is 0 Å². The molecule has 150 valence electrons. The number of carbonyl (C=O) groups is 1. The van der Waals surface area contributed by atoms with Crippen molar-refractivity contribution in [1.29, 1.82) is 0 Å². The van der Waals surface area contributed by atoms with Gasteiger partial charge in [0.05, 0.1) is 12.7 Å². The molecule has 0 heterocycles. The van der Waals surface area contributed by atoms with E-state index in [9.17, 15) is 4.79 Å². The topological polar surface area (TPSA) is 35.5 Å². The summed E-state index contributed by atoms with van der Waals surface area (Å²) in [6.07, 6.45) is 6.12. The van der Waals surface area contributed by atoms with Crippen molar-refractivity contribution in [3.05, 3.63) is 65.2 Å². The summed E-state index contributed by atoms with van der Waals surface area (Å²) in [6.45, 7) is 6.63. The van der Waals surface area contributed by atoms with E-state index in [0.29, 0.717) is 5.56 Å². The quantitative estimate of drug-likeness (QED) is 0.544. The molecule has 1 aliphatic carbocycles. The minimum absolute atomic E-state index is 0.107. The van der Waals surface area contributed by atoms with E-state index in [0.717, 1.165) is 43.4 Å². The van der Waals surface area contributed by atoms with Crippen LogP contribution in [0.15, 0.2) is 48.5 Å². The van der Waals surface area contributed by atoms with E-state index in [1.807, 2.05) is 36.4 Å². The molecule has 0 bridgehead atoms. The van der Waals surface area contributed by atoms with Crippen molar-refractivity contribution >= 4 is 5.97 Å². The average molecular weight is 381 g/mol. The van der Waals surface area contributed by atoms with Crippen molar-refractivity contribution in [2.24, 2.45) is 0 Å². The molecule has 0 amide bonds. The predicted octanol–water partition coefficient (Wildman–Crippen LogP) is 6.40. The standard InChI is InChI=1S/C25H32O3/c1-5-24(2,3)20-11-9-19(10-12-20)23(26)28-25(17-7-6-8-18-25)21-13-15-22(27-4)16-14-21/h9-16H,5-8,17-18H2,1-4H3. The minimum Gasteiger partial charge on any atom is -0.497 e. The Hall–Kier alpha value is -2.29. The largest absolute Gasteiger partial charge is 0.497 e. The van der Waals surface area contributed by atoms with Gasteiger partial charge in [-0.25, -0.2) is 4.79 Å². The molecule has 0 aromatic heterocycles. The van der Waals surface area contributed by atoms with Crippen molar-refractivity contribution in [1.82, 2.24) is 0 Å². The molecule has 0 N–H and O–H groups in total. The zero-order valence-electron chi connectivity index (χ0n) is 17.6. The first kappa shape index (κ1) is 20.4. The lowest BCUT2D eigenvalue weighted by molar-refractivity contribution is -0.0417. The SMILES string of the molecule is CCC(C)(C)c1ccc(C(=O)OC2(c3ccc(OC)cc3)CCCCC2)cc1. The molecule has 0 unspecified atom stereocenters. The molecule has 0 atom stereocenters. The second kappa shape index (κ2) is 8.38. The van der Waals surface area contributed by atoms with Crippen molar-refractivity contribution in [2.45, 2.75) is 70.3 Å². The highest BCUT2D eigenvalue weighted by molar-refractivity contribution is 5.89. The van der Waals surface area contributed by atoms with Crippen molar-refractivity contribution < 1.29 is 14.3 Å². The van der Waals surface area contributed by atoms with Crippen LogP contribution in [0.1, 0.15) is 80.8 Å². The third-order valence-electron chi connectivity index (χ3n) is 6.35. The van der Waals surface area contributed by atoms with Crippen LogP contribution in [0, 0.1) is 0 Å². The Labute approximate surface area is 169 Å². The lowest BCUT2D eigenvalue weighted by atomic mass is 9.79. The highest BCUT2D eigenvalue weighted by Crippen LogP contribution is 2.41.